The molecule has 9 heteroatoms. The van der Waals surface area contributed by atoms with Crippen LogP contribution < -0.4 is 5.32 Å². The van der Waals surface area contributed by atoms with Crippen LogP contribution in [0.2, 0.25) is 0 Å². The van der Waals surface area contributed by atoms with Crippen LogP contribution in [-0.2, 0) is 4.74 Å². The average molecular weight is 408 g/mol. The number of nitrogens with one attached hydrogen (secondary N) is 1. The van der Waals surface area contributed by atoms with Gasteiger partial charge in [-0.05, 0) is 30.2 Å². The van der Waals surface area contributed by atoms with Gasteiger partial charge in [-0.25, -0.2) is 13.9 Å². The lowest BCUT2D eigenvalue weighted by molar-refractivity contribution is -0.382. The molecule has 1 aliphatic rings. The molecule has 0 radical (unpaired) electrons. The van der Waals surface area contributed by atoms with Crippen molar-refractivity contribution in [2.45, 2.75) is 25.6 Å². The van der Waals surface area contributed by atoms with Crippen molar-refractivity contribution in [3.63, 3.8) is 0 Å². The van der Waals surface area contributed by atoms with Crippen molar-refractivity contribution in [3.8, 4) is 0 Å². The maximum atomic E-state index is 15.5. The zero-order chi connectivity index (χ0) is 21.2. The topological polar surface area (TPSA) is 71.5 Å². The molecule has 1 heterocycles. The summed E-state index contributed by atoms with van der Waals surface area (Å²) in [5.41, 5.74) is 0.226. The normalized spacial score (nSPS) is 19.3. The number of carboxylic acid groups (broad SMARTS) is 1. The molecular formula is C20H16F4N2O3. The number of anilines is 1. The fourth-order valence-corrected chi connectivity index (χ4v) is 2.95. The van der Waals surface area contributed by atoms with Gasteiger partial charge >= 0.3 is 12.3 Å². The van der Waals surface area contributed by atoms with E-state index in [9.17, 15) is 23.1 Å². The third-order valence-corrected chi connectivity index (χ3v) is 4.23. The van der Waals surface area contributed by atoms with E-state index >= 15 is 4.39 Å². The van der Waals surface area contributed by atoms with E-state index in [0.717, 1.165) is 12.3 Å². The lowest BCUT2D eigenvalue weighted by Crippen LogP contribution is -2.40. The van der Waals surface area contributed by atoms with Crippen LogP contribution in [0.4, 0.5) is 23.2 Å². The van der Waals surface area contributed by atoms with Crippen molar-refractivity contribution >= 4 is 17.2 Å². The summed E-state index contributed by atoms with van der Waals surface area (Å²) in [5.74, 6) is -4.62. The predicted octanol–water partition coefficient (Wildman–Crippen LogP) is 5.07. The largest absolute Gasteiger partial charge is 0.525 e. The van der Waals surface area contributed by atoms with Gasteiger partial charge in [-0.15, -0.1) is 13.2 Å². The molecule has 0 saturated carbocycles. The smallest absolute Gasteiger partial charge is 0.478 e. The molecule has 29 heavy (non-hydrogen) atoms. The summed E-state index contributed by atoms with van der Waals surface area (Å²) in [4.78, 5) is 15.4. The van der Waals surface area contributed by atoms with Gasteiger partial charge in [0.1, 0.15) is 0 Å². The molecule has 0 fully saturated rings. The van der Waals surface area contributed by atoms with Crippen LogP contribution in [-0.4, -0.2) is 28.3 Å². The standard InChI is InChI=1S/C20H16F4N2O3/c1-12-9-15(18(27)28)16(11-25-12)26-17-8-7-14(13-5-3-2-4-6-13)10-19(17,21)29-20(22,23)24/h2-9,11,26H,10H2,1H3,(H,27,28). The van der Waals surface area contributed by atoms with Crippen molar-refractivity contribution in [2.75, 3.05) is 5.32 Å². The van der Waals surface area contributed by atoms with Crippen molar-refractivity contribution in [1.82, 2.24) is 4.98 Å². The number of alkyl halides is 4. The highest BCUT2D eigenvalue weighted by Gasteiger charge is 2.48. The van der Waals surface area contributed by atoms with Gasteiger partial charge in [0, 0.05) is 12.1 Å². The zero-order valence-electron chi connectivity index (χ0n) is 15.1. The maximum Gasteiger partial charge on any atom is 0.525 e. The van der Waals surface area contributed by atoms with Crippen LogP contribution in [0.1, 0.15) is 28.0 Å². The highest BCUT2D eigenvalue weighted by atomic mass is 19.4. The third-order valence-electron chi connectivity index (χ3n) is 4.23. The molecule has 3 rings (SSSR count). The number of ether oxygens (including phenoxy) is 1. The molecule has 2 N–H and O–H groups in total. The Bertz CT molecular complexity index is 987. The van der Waals surface area contributed by atoms with Gasteiger partial charge in [0.25, 0.3) is 5.85 Å². The van der Waals surface area contributed by atoms with Crippen molar-refractivity contribution in [3.05, 3.63) is 77.3 Å². The molecule has 1 unspecified atom stereocenters. The predicted molar refractivity (Wildman–Crippen MR) is 97.7 cm³/mol. The SMILES string of the molecule is Cc1cc(C(=O)O)c(NC2=CC=C(c3ccccc3)CC2(F)OC(F)(F)F)cn1. The molecule has 0 amide bonds. The van der Waals surface area contributed by atoms with Gasteiger partial charge in [0.05, 0.1) is 23.1 Å². The number of carbonyl (C=O) groups is 1. The Kier molecular flexibility index (Phi) is 5.43. The molecular weight excluding hydrogens is 392 g/mol. The summed E-state index contributed by atoms with van der Waals surface area (Å²) >= 11 is 0. The number of nitrogens with zero attached hydrogens (tertiary/aromatic N) is 1. The number of aryl methyl sites for hydroxylation is 1. The third kappa shape index (κ3) is 4.80. The van der Waals surface area contributed by atoms with Gasteiger partial charge in [0.2, 0.25) is 0 Å². The van der Waals surface area contributed by atoms with Crippen LogP contribution in [0.25, 0.3) is 5.57 Å². The summed E-state index contributed by atoms with van der Waals surface area (Å²) in [7, 11) is 0. The van der Waals surface area contributed by atoms with E-state index in [1.807, 2.05) is 0 Å². The van der Waals surface area contributed by atoms with Gasteiger partial charge in [0.15, 0.2) is 0 Å². The molecule has 0 saturated heterocycles. The number of aromatic nitrogens is 1. The summed E-state index contributed by atoms with van der Waals surface area (Å²) < 4.78 is 58.1. The Hall–Kier alpha value is -3.20. The summed E-state index contributed by atoms with van der Waals surface area (Å²) in [5, 5.41) is 11.7. The summed E-state index contributed by atoms with van der Waals surface area (Å²) in [6, 6.07) is 9.58. The second-order valence-corrected chi connectivity index (χ2v) is 6.39. The minimum Gasteiger partial charge on any atom is -0.478 e. The quantitative estimate of drug-likeness (QED) is 0.676. The average Bonchev–Trinajstić information content (AvgIpc) is 2.63. The second kappa shape index (κ2) is 7.67. The lowest BCUT2D eigenvalue weighted by atomic mass is 9.92. The summed E-state index contributed by atoms with van der Waals surface area (Å²) in [6.07, 6.45) is -2.31. The monoisotopic (exact) mass is 408 g/mol. The second-order valence-electron chi connectivity index (χ2n) is 6.39. The van der Waals surface area contributed by atoms with Crippen LogP contribution >= 0.6 is 0 Å². The molecule has 0 bridgehead atoms. The number of pyridine rings is 1. The van der Waals surface area contributed by atoms with Gasteiger partial charge in [-0.2, -0.15) is 0 Å². The highest BCUT2D eigenvalue weighted by Crippen LogP contribution is 2.42. The van der Waals surface area contributed by atoms with E-state index < -0.39 is 30.3 Å². The molecule has 1 aliphatic carbocycles. The molecule has 1 aromatic heterocycles. The first-order chi connectivity index (χ1) is 13.6. The maximum absolute atomic E-state index is 15.5. The van der Waals surface area contributed by atoms with E-state index in [1.54, 1.807) is 37.3 Å². The van der Waals surface area contributed by atoms with Gasteiger partial charge in [-0.1, -0.05) is 36.4 Å². The van der Waals surface area contributed by atoms with E-state index in [2.05, 4.69) is 15.0 Å². The van der Waals surface area contributed by atoms with Crippen LogP contribution in [0.15, 0.2) is 60.4 Å². The molecule has 1 aromatic carbocycles. The van der Waals surface area contributed by atoms with Crippen LogP contribution in [0.5, 0.6) is 0 Å². The fourth-order valence-electron chi connectivity index (χ4n) is 2.95. The Labute approximate surface area is 163 Å². The van der Waals surface area contributed by atoms with Crippen molar-refractivity contribution < 1.29 is 32.2 Å². The molecule has 152 valence electrons. The zero-order valence-corrected chi connectivity index (χ0v) is 15.1. The molecule has 0 aliphatic heterocycles. The number of allylic oxidation sites excluding steroid dienone is 2. The number of rotatable bonds is 5. The number of halogens is 4. The number of hydrogen-bond donors (Lipinski definition) is 2. The Balaban J connectivity index is 2.03. The number of aromatic carboxylic acids is 1. The van der Waals surface area contributed by atoms with E-state index in [1.165, 1.54) is 12.1 Å². The van der Waals surface area contributed by atoms with Crippen molar-refractivity contribution in [2.24, 2.45) is 0 Å². The Morgan fingerprint density at radius 1 is 1.24 bits per heavy atom. The van der Waals surface area contributed by atoms with E-state index in [-0.39, 0.29) is 11.3 Å². The minimum absolute atomic E-state index is 0.154. The number of carboxylic acids is 1. The molecule has 5 nitrogen and oxygen atoms in total. The first-order valence-corrected chi connectivity index (χ1v) is 8.47. The van der Waals surface area contributed by atoms with Crippen molar-refractivity contribution in [1.29, 1.82) is 0 Å². The van der Waals surface area contributed by atoms with E-state index in [4.69, 9.17) is 0 Å². The van der Waals surface area contributed by atoms with Crippen LogP contribution in [0.3, 0.4) is 0 Å². The molecule has 1 atom stereocenters. The van der Waals surface area contributed by atoms with Gasteiger partial charge in [-0.3, -0.25) is 4.98 Å². The summed E-state index contributed by atoms with van der Waals surface area (Å²) in [6.45, 7) is 1.55. The van der Waals surface area contributed by atoms with Crippen LogP contribution in [0, 0.1) is 6.92 Å². The number of benzene rings is 1. The minimum atomic E-state index is -5.25. The number of hydrogen-bond acceptors (Lipinski definition) is 4. The first kappa shape index (κ1) is 20.5. The highest BCUT2D eigenvalue weighted by molar-refractivity contribution is 5.94. The molecule has 0 spiro atoms. The Morgan fingerprint density at radius 3 is 2.55 bits per heavy atom. The Morgan fingerprint density at radius 2 is 1.93 bits per heavy atom. The molecule has 2 aromatic rings. The lowest BCUT2D eigenvalue weighted by Gasteiger charge is -2.33. The van der Waals surface area contributed by atoms with E-state index in [0.29, 0.717) is 16.8 Å². The first-order valence-electron chi connectivity index (χ1n) is 8.47. The van der Waals surface area contributed by atoms with Gasteiger partial charge < -0.3 is 10.4 Å². The fraction of sp³-hybridized carbons (Fsp3) is 0.200.